The molecule has 0 spiro atoms. The van der Waals surface area contributed by atoms with E-state index in [1.54, 1.807) is 26.5 Å². The molecule has 48 valence electrons. The van der Waals surface area contributed by atoms with Crippen LogP contribution in [0.5, 0.6) is 0 Å². The van der Waals surface area contributed by atoms with Crippen molar-refractivity contribution >= 4 is 27.5 Å². The number of β-lactam (4-membered cyclic amide) rings is 1. The highest BCUT2D eigenvalue weighted by atomic mass is 33.1. The molecule has 2 heterocycles. The highest BCUT2D eigenvalue weighted by Gasteiger charge is 2.36. The van der Waals surface area contributed by atoms with Crippen LogP contribution in [0.2, 0.25) is 0 Å². The summed E-state index contributed by atoms with van der Waals surface area (Å²) in [5, 5.41) is 2.38. The van der Waals surface area contributed by atoms with Gasteiger partial charge in [0.25, 0.3) is 0 Å². The molecule has 0 aromatic heterocycles. The molecule has 0 aromatic carbocycles. The van der Waals surface area contributed by atoms with E-state index in [1.807, 2.05) is 11.6 Å². The molecule has 0 aliphatic carbocycles. The van der Waals surface area contributed by atoms with E-state index in [0.717, 1.165) is 6.42 Å². The zero-order valence-corrected chi connectivity index (χ0v) is 6.24. The van der Waals surface area contributed by atoms with Crippen LogP contribution in [-0.4, -0.2) is 16.2 Å². The van der Waals surface area contributed by atoms with Gasteiger partial charge in [-0.15, -0.1) is 0 Å². The van der Waals surface area contributed by atoms with E-state index < -0.39 is 0 Å². The second-order valence-electron chi connectivity index (χ2n) is 1.94. The molecule has 2 aliphatic rings. The molecule has 0 bridgehead atoms. The number of carbonyl (C=O) groups excluding carboxylic acids is 1. The largest absolute Gasteiger partial charge is 0.305 e. The van der Waals surface area contributed by atoms with Crippen LogP contribution in [0.1, 0.15) is 6.42 Å². The van der Waals surface area contributed by atoms with E-state index in [1.165, 1.54) is 0 Å². The summed E-state index contributed by atoms with van der Waals surface area (Å²) in [6.07, 6.45) is 2.58. The SMILES string of the molecule is O=C1C[C@@H]2SSC=CN12. The van der Waals surface area contributed by atoms with Gasteiger partial charge in [0, 0.05) is 6.20 Å². The minimum atomic E-state index is 0.254. The van der Waals surface area contributed by atoms with Crippen LogP contribution in [0.15, 0.2) is 11.6 Å². The summed E-state index contributed by atoms with van der Waals surface area (Å²) in [7, 11) is 3.45. The summed E-state index contributed by atoms with van der Waals surface area (Å²) >= 11 is 0. The van der Waals surface area contributed by atoms with Crippen molar-refractivity contribution in [3.63, 3.8) is 0 Å². The van der Waals surface area contributed by atoms with Gasteiger partial charge in [-0.3, -0.25) is 4.79 Å². The molecule has 9 heavy (non-hydrogen) atoms. The smallest absolute Gasteiger partial charge is 0.230 e. The molecule has 0 aromatic rings. The molecular weight excluding hydrogens is 154 g/mol. The predicted molar refractivity (Wildman–Crippen MR) is 39.6 cm³/mol. The van der Waals surface area contributed by atoms with Crippen molar-refractivity contribution in [1.29, 1.82) is 0 Å². The van der Waals surface area contributed by atoms with Gasteiger partial charge in [0.2, 0.25) is 5.91 Å². The van der Waals surface area contributed by atoms with Gasteiger partial charge in [-0.1, -0.05) is 21.6 Å². The summed E-state index contributed by atoms with van der Waals surface area (Å²) in [6.45, 7) is 0. The zero-order chi connectivity index (χ0) is 6.27. The Morgan fingerprint density at radius 2 is 2.67 bits per heavy atom. The maximum absolute atomic E-state index is 10.7. The lowest BCUT2D eigenvalue weighted by Gasteiger charge is -2.38. The molecule has 2 aliphatic heterocycles. The van der Waals surface area contributed by atoms with Gasteiger partial charge in [-0.25, -0.2) is 0 Å². The lowest BCUT2D eigenvalue weighted by atomic mass is 10.2. The maximum Gasteiger partial charge on any atom is 0.230 e. The Kier molecular flexibility index (Phi) is 1.23. The Labute approximate surface area is 61.1 Å². The van der Waals surface area contributed by atoms with Gasteiger partial charge >= 0.3 is 0 Å². The van der Waals surface area contributed by atoms with Crippen molar-refractivity contribution in [2.75, 3.05) is 0 Å². The van der Waals surface area contributed by atoms with E-state index in [2.05, 4.69) is 0 Å². The Balaban J connectivity index is 2.16. The van der Waals surface area contributed by atoms with Gasteiger partial charge in [-0.05, 0) is 5.41 Å². The van der Waals surface area contributed by atoms with E-state index in [4.69, 9.17) is 0 Å². The number of carbonyl (C=O) groups is 1. The van der Waals surface area contributed by atoms with Gasteiger partial charge in [0.1, 0.15) is 5.37 Å². The molecule has 1 fully saturated rings. The minimum Gasteiger partial charge on any atom is -0.305 e. The third kappa shape index (κ3) is 0.773. The molecule has 0 radical (unpaired) electrons. The molecule has 2 nitrogen and oxygen atoms in total. The van der Waals surface area contributed by atoms with Crippen molar-refractivity contribution in [2.24, 2.45) is 0 Å². The van der Waals surface area contributed by atoms with Gasteiger partial charge in [-0.2, -0.15) is 0 Å². The fraction of sp³-hybridized carbons (Fsp3) is 0.400. The predicted octanol–water partition coefficient (Wildman–Crippen LogP) is 1.41. The Morgan fingerprint density at radius 1 is 1.78 bits per heavy atom. The normalized spacial score (nSPS) is 31.8. The van der Waals surface area contributed by atoms with Crippen molar-refractivity contribution in [3.8, 4) is 0 Å². The van der Waals surface area contributed by atoms with Crippen molar-refractivity contribution < 1.29 is 4.79 Å². The first-order chi connectivity index (χ1) is 4.38. The van der Waals surface area contributed by atoms with E-state index in [9.17, 15) is 4.79 Å². The van der Waals surface area contributed by atoms with Gasteiger partial charge in [0.05, 0.1) is 6.42 Å². The topological polar surface area (TPSA) is 20.3 Å². The molecule has 1 amide bonds. The molecule has 1 saturated heterocycles. The lowest BCUT2D eigenvalue weighted by molar-refractivity contribution is -0.137. The second kappa shape index (κ2) is 1.95. The molecule has 1 atom stereocenters. The van der Waals surface area contributed by atoms with Crippen LogP contribution >= 0.6 is 21.6 Å². The van der Waals surface area contributed by atoms with Crippen molar-refractivity contribution in [3.05, 3.63) is 11.6 Å². The fourth-order valence-corrected chi connectivity index (χ4v) is 2.92. The minimum absolute atomic E-state index is 0.254. The average Bonchev–Trinajstić information content (AvgIpc) is 1.86. The third-order valence-electron chi connectivity index (χ3n) is 1.39. The molecule has 0 unspecified atom stereocenters. The van der Waals surface area contributed by atoms with Crippen LogP contribution in [0, 0.1) is 0 Å². The number of nitrogens with zero attached hydrogens (tertiary/aromatic N) is 1. The first-order valence-electron chi connectivity index (χ1n) is 2.68. The zero-order valence-electron chi connectivity index (χ0n) is 4.61. The maximum atomic E-state index is 10.7. The van der Waals surface area contributed by atoms with E-state index in [-0.39, 0.29) is 5.91 Å². The quantitative estimate of drug-likeness (QED) is 0.394. The molecular formula is C5H5NOS2. The number of amides is 1. The van der Waals surface area contributed by atoms with E-state index in [0.29, 0.717) is 5.37 Å². The van der Waals surface area contributed by atoms with Crippen LogP contribution < -0.4 is 0 Å². The summed E-state index contributed by atoms with van der Waals surface area (Å²) in [4.78, 5) is 12.5. The summed E-state index contributed by atoms with van der Waals surface area (Å²) < 4.78 is 0. The van der Waals surface area contributed by atoms with Crippen LogP contribution in [0.25, 0.3) is 0 Å². The number of rotatable bonds is 0. The number of hydrogen-bond acceptors (Lipinski definition) is 3. The Bertz CT molecular complexity index is 180. The molecule has 0 N–H and O–H groups in total. The number of fused-ring (bicyclic) bond motifs is 1. The van der Waals surface area contributed by atoms with Crippen molar-refractivity contribution in [2.45, 2.75) is 11.8 Å². The molecule has 4 heteroatoms. The molecule has 0 saturated carbocycles. The first kappa shape index (κ1) is 5.68. The summed E-state index contributed by atoms with van der Waals surface area (Å²) in [5.41, 5.74) is 0. The average molecular weight is 159 g/mol. The Hall–Kier alpha value is -0.0900. The Morgan fingerprint density at radius 3 is 3.22 bits per heavy atom. The highest BCUT2D eigenvalue weighted by molar-refractivity contribution is 8.78. The monoisotopic (exact) mass is 159 g/mol. The second-order valence-corrected chi connectivity index (χ2v) is 4.29. The third-order valence-corrected chi connectivity index (χ3v) is 3.68. The van der Waals surface area contributed by atoms with Gasteiger partial charge < -0.3 is 4.90 Å². The summed E-state index contributed by atoms with van der Waals surface area (Å²) in [5.74, 6) is 0.254. The van der Waals surface area contributed by atoms with Crippen LogP contribution in [0.4, 0.5) is 0 Å². The van der Waals surface area contributed by atoms with Crippen LogP contribution in [0.3, 0.4) is 0 Å². The van der Waals surface area contributed by atoms with Crippen molar-refractivity contribution in [1.82, 2.24) is 4.90 Å². The number of hydrogen-bond donors (Lipinski definition) is 0. The van der Waals surface area contributed by atoms with Gasteiger partial charge in [0.15, 0.2) is 0 Å². The first-order valence-corrected chi connectivity index (χ1v) is 4.95. The molecule has 2 rings (SSSR count). The lowest BCUT2D eigenvalue weighted by Crippen LogP contribution is -2.47. The standard InChI is InChI=1S/C5H5NOS2/c7-4-3-5-6(4)1-2-8-9-5/h1-2,5H,3H2/t5-/m0/s1. The summed E-state index contributed by atoms with van der Waals surface area (Å²) in [6, 6.07) is 0. The van der Waals surface area contributed by atoms with Crippen LogP contribution in [-0.2, 0) is 4.79 Å². The highest BCUT2D eigenvalue weighted by Crippen LogP contribution is 2.41. The fourth-order valence-electron chi connectivity index (χ4n) is 0.847. The van der Waals surface area contributed by atoms with E-state index >= 15 is 0 Å².